The van der Waals surface area contributed by atoms with Crippen LogP contribution < -0.4 is 10.6 Å². The number of likely N-dealkylation sites (N-methyl/N-ethyl adjacent to an activating group) is 1. The maximum absolute atomic E-state index is 13.0. The molecule has 1 saturated heterocycles. The minimum atomic E-state index is -0.494. The molecule has 144 valence electrons. The number of anilines is 1. The summed E-state index contributed by atoms with van der Waals surface area (Å²) < 4.78 is 0. The van der Waals surface area contributed by atoms with Crippen LogP contribution in [0.2, 0.25) is 0 Å². The van der Waals surface area contributed by atoms with Crippen LogP contribution in [-0.2, 0) is 17.8 Å². The molecule has 3 rings (SSSR count). The number of piperidine rings is 1. The fourth-order valence-corrected chi connectivity index (χ4v) is 3.79. The second kappa shape index (κ2) is 8.68. The lowest BCUT2D eigenvalue weighted by Crippen LogP contribution is -2.59. The first kappa shape index (κ1) is 19.6. The third kappa shape index (κ3) is 4.57. The zero-order valence-electron chi connectivity index (χ0n) is 16.7. The van der Waals surface area contributed by atoms with E-state index in [2.05, 4.69) is 65.8 Å². The molecule has 0 radical (unpaired) electrons. The van der Waals surface area contributed by atoms with Crippen LogP contribution in [0, 0.1) is 6.92 Å². The van der Waals surface area contributed by atoms with Gasteiger partial charge in [-0.2, -0.15) is 0 Å². The van der Waals surface area contributed by atoms with Crippen molar-refractivity contribution >= 4 is 11.6 Å². The fourth-order valence-electron chi connectivity index (χ4n) is 3.79. The van der Waals surface area contributed by atoms with Crippen molar-refractivity contribution in [3.8, 4) is 0 Å². The van der Waals surface area contributed by atoms with E-state index in [1.54, 1.807) is 0 Å². The van der Waals surface area contributed by atoms with Crippen LogP contribution in [0.15, 0.2) is 48.5 Å². The quantitative estimate of drug-likeness (QED) is 0.819. The Morgan fingerprint density at radius 3 is 2.33 bits per heavy atom. The van der Waals surface area contributed by atoms with Crippen molar-refractivity contribution in [3.05, 3.63) is 65.2 Å². The topological polar surface area (TPSA) is 44.4 Å². The smallest absolute Gasteiger partial charge is 0.244 e. The van der Waals surface area contributed by atoms with Gasteiger partial charge >= 0.3 is 0 Å². The lowest BCUT2D eigenvalue weighted by Gasteiger charge is -2.40. The lowest BCUT2D eigenvalue weighted by molar-refractivity contribution is -0.124. The molecule has 1 heterocycles. The number of carbonyl (C=O) groups is 1. The van der Waals surface area contributed by atoms with Gasteiger partial charge in [-0.25, -0.2) is 0 Å². The maximum Gasteiger partial charge on any atom is 0.244 e. The first-order valence-electron chi connectivity index (χ1n) is 9.92. The number of hydrogen-bond acceptors (Lipinski definition) is 3. The molecule has 1 aliphatic rings. The zero-order valence-corrected chi connectivity index (χ0v) is 16.7. The Balaban J connectivity index is 1.61. The Hall–Kier alpha value is -2.17. The zero-order chi connectivity index (χ0) is 19.3. The molecule has 0 spiro atoms. The second-order valence-corrected chi connectivity index (χ2v) is 7.54. The summed E-state index contributed by atoms with van der Waals surface area (Å²) in [4.78, 5) is 15.4. The minimum Gasteiger partial charge on any atom is -0.324 e. The van der Waals surface area contributed by atoms with E-state index >= 15 is 0 Å². The minimum absolute atomic E-state index is 0.0739. The lowest BCUT2D eigenvalue weighted by atomic mass is 9.86. The van der Waals surface area contributed by atoms with Crippen LogP contribution >= 0.6 is 0 Å². The van der Waals surface area contributed by atoms with Crippen molar-refractivity contribution in [1.82, 2.24) is 10.2 Å². The molecule has 2 aromatic rings. The number of likely N-dealkylation sites (tertiary alicyclic amines) is 1. The van der Waals surface area contributed by atoms with Crippen molar-refractivity contribution in [3.63, 3.8) is 0 Å². The van der Waals surface area contributed by atoms with Crippen LogP contribution in [0.5, 0.6) is 0 Å². The number of nitrogens with one attached hydrogen (secondary N) is 2. The highest BCUT2D eigenvalue weighted by molar-refractivity contribution is 5.98. The van der Waals surface area contributed by atoms with Crippen LogP contribution in [0.3, 0.4) is 0 Å². The normalized spacial score (nSPS) is 16.9. The van der Waals surface area contributed by atoms with E-state index in [9.17, 15) is 4.79 Å². The van der Waals surface area contributed by atoms with E-state index in [1.807, 2.05) is 19.2 Å². The number of benzene rings is 2. The van der Waals surface area contributed by atoms with Crippen LogP contribution in [-0.4, -0.2) is 36.5 Å². The third-order valence-electron chi connectivity index (χ3n) is 5.90. The van der Waals surface area contributed by atoms with Crippen LogP contribution in [0.1, 0.15) is 36.5 Å². The summed E-state index contributed by atoms with van der Waals surface area (Å²) in [6.07, 6.45) is 2.63. The summed E-state index contributed by atoms with van der Waals surface area (Å²) in [7, 11) is 1.90. The van der Waals surface area contributed by atoms with Crippen molar-refractivity contribution in [2.75, 3.05) is 25.5 Å². The average Bonchev–Trinajstić information content (AvgIpc) is 2.71. The number of nitrogens with zero attached hydrogens (tertiary/aromatic N) is 1. The SMILES string of the molecule is CCc1ccc(NC(=O)C2(NC)CCN(Cc3ccccc3C)CC2)cc1. The van der Waals surface area contributed by atoms with E-state index < -0.39 is 5.54 Å². The summed E-state index contributed by atoms with van der Waals surface area (Å²) in [5, 5.41) is 6.43. The second-order valence-electron chi connectivity index (χ2n) is 7.54. The Kier molecular flexibility index (Phi) is 6.30. The molecule has 0 saturated carbocycles. The number of aryl methyl sites for hydroxylation is 2. The predicted molar refractivity (Wildman–Crippen MR) is 112 cm³/mol. The van der Waals surface area contributed by atoms with E-state index in [0.717, 1.165) is 44.6 Å². The highest BCUT2D eigenvalue weighted by Crippen LogP contribution is 2.26. The number of carbonyl (C=O) groups excluding carboxylic acids is 1. The molecule has 4 heteroatoms. The molecule has 4 nitrogen and oxygen atoms in total. The molecular formula is C23H31N3O. The van der Waals surface area contributed by atoms with Gasteiger partial charge in [0.1, 0.15) is 5.54 Å². The van der Waals surface area contributed by atoms with Crippen molar-refractivity contribution in [2.24, 2.45) is 0 Å². The van der Waals surface area contributed by atoms with E-state index in [0.29, 0.717) is 0 Å². The molecule has 2 aromatic carbocycles. The summed E-state index contributed by atoms with van der Waals surface area (Å²) in [5.41, 5.74) is 4.35. The van der Waals surface area contributed by atoms with Gasteiger partial charge in [-0.3, -0.25) is 9.69 Å². The molecule has 0 bridgehead atoms. The first-order chi connectivity index (χ1) is 13.1. The Morgan fingerprint density at radius 2 is 1.74 bits per heavy atom. The van der Waals surface area contributed by atoms with Gasteiger partial charge in [-0.1, -0.05) is 43.3 Å². The third-order valence-corrected chi connectivity index (χ3v) is 5.90. The monoisotopic (exact) mass is 365 g/mol. The van der Waals surface area contributed by atoms with Gasteiger partial charge in [-0.05, 0) is 62.1 Å². The standard InChI is InChI=1S/C23H31N3O/c1-4-19-9-11-21(12-10-19)25-22(27)23(24-3)13-15-26(16-14-23)17-20-8-6-5-7-18(20)2/h5-12,24H,4,13-17H2,1-3H3,(H,25,27). The molecule has 0 aliphatic carbocycles. The number of amides is 1. The van der Waals surface area contributed by atoms with Crippen LogP contribution in [0.25, 0.3) is 0 Å². The van der Waals surface area contributed by atoms with Gasteiger partial charge in [0.2, 0.25) is 5.91 Å². The highest BCUT2D eigenvalue weighted by Gasteiger charge is 2.40. The van der Waals surface area contributed by atoms with Gasteiger partial charge < -0.3 is 10.6 Å². The molecule has 1 fully saturated rings. The summed E-state index contributed by atoms with van der Waals surface area (Å²) in [5.74, 6) is 0.0739. The van der Waals surface area contributed by atoms with Gasteiger partial charge in [0, 0.05) is 25.3 Å². The summed E-state index contributed by atoms with van der Waals surface area (Å²) in [6, 6.07) is 16.7. The molecule has 2 N–H and O–H groups in total. The largest absolute Gasteiger partial charge is 0.324 e. The summed E-state index contributed by atoms with van der Waals surface area (Å²) >= 11 is 0. The molecule has 0 unspecified atom stereocenters. The summed E-state index contributed by atoms with van der Waals surface area (Å²) in [6.45, 7) is 7.07. The number of hydrogen-bond donors (Lipinski definition) is 2. The molecule has 0 atom stereocenters. The van der Waals surface area contributed by atoms with Gasteiger partial charge in [0.15, 0.2) is 0 Å². The van der Waals surface area contributed by atoms with Gasteiger partial charge in [0.05, 0.1) is 0 Å². The first-order valence-corrected chi connectivity index (χ1v) is 9.92. The highest BCUT2D eigenvalue weighted by atomic mass is 16.2. The van der Waals surface area contributed by atoms with E-state index in [1.165, 1.54) is 16.7 Å². The Bertz CT molecular complexity index is 761. The average molecular weight is 366 g/mol. The van der Waals surface area contributed by atoms with Crippen molar-refractivity contribution in [1.29, 1.82) is 0 Å². The predicted octanol–water partition coefficient (Wildman–Crippen LogP) is 3.75. The Morgan fingerprint density at radius 1 is 1.07 bits per heavy atom. The van der Waals surface area contributed by atoms with Crippen molar-refractivity contribution < 1.29 is 4.79 Å². The molecule has 27 heavy (non-hydrogen) atoms. The molecule has 1 amide bonds. The van der Waals surface area contributed by atoms with Crippen LogP contribution in [0.4, 0.5) is 5.69 Å². The Labute approximate surface area is 163 Å². The molecule has 0 aromatic heterocycles. The van der Waals surface area contributed by atoms with Gasteiger partial charge in [0.25, 0.3) is 0 Å². The van der Waals surface area contributed by atoms with E-state index in [4.69, 9.17) is 0 Å². The molecule has 1 aliphatic heterocycles. The molecular weight excluding hydrogens is 334 g/mol. The fraction of sp³-hybridized carbons (Fsp3) is 0.435. The van der Waals surface area contributed by atoms with Gasteiger partial charge in [-0.15, -0.1) is 0 Å². The number of rotatable bonds is 6. The van der Waals surface area contributed by atoms with E-state index in [-0.39, 0.29) is 5.91 Å². The maximum atomic E-state index is 13.0. The van der Waals surface area contributed by atoms with Crippen molar-refractivity contribution in [2.45, 2.75) is 45.2 Å².